The number of imidazole rings is 1. The Labute approximate surface area is 126 Å². The van der Waals surface area contributed by atoms with Gasteiger partial charge in [-0.25, -0.2) is 4.98 Å². The van der Waals surface area contributed by atoms with E-state index < -0.39 is 6.10 Å². The van der Waals surface area contributed by atoms with Crippen molar-refractivity contribution in [2.45, 2.75) is 19.6 Å². The Morgan fingerprint density at radius 1 is 1.20 bits per heavy atom. The fourth-order valence-corrected chi connectivity index (χ4v) is 2.84. The third-order valence-corrected chi connectivity index (χ3v) is 3.78. The second-order valence-corrected chi connectivity index (χ2v) is 5.77. The van der Waals surface area contributed by atoms with Gasteiger partial charge in [-0.1, -0.05) is 40.2 Å². The third-order valence-electron chi connectivity index (χ3n) is 3.29. The summed E-state index contributed by atoms with van der Waals surface area (Å²) in [6.07, 6.45) is -0.588. The molecule has 0 fully saturated rings. The predicted octanol–water partition coefficient (Wildman–Crippen LogP) is 3.90. The minimum absolute atomic E-state index is 0.588. The van der Waals surface area contributed by atoms with Crippen LogP contribution in [0.2, 0.25) is 0 Å². The van der Waals surface area contributed by atoms with Gasteiger partial charge in [-0.2, -0.15) is 0 Å². The minimum Gasteiger partial charge on any atom is -0.385 e. The van der Waals surface area contributed by atoms with Crippen molar-refractivity contribution < 1.29 is 5.11 Å². The molecule has 1 heterocycles. The largest absolute Gasteiger partial charge is 0.385 e. The molecular weight excluding hydrogens is 316 g/mol. The lowest BCUT2D eigenvalue weighted by molar-refractivity contribution is 0.185. The lowest BCUT2D eigenvalue weighted by Gasteiger charge is -2.11. The van der Waals surface area contributed by atoms with E-state index in [2.05, 4.69) is 37.6 Å². The molecule has 0 saturated carbocycles. The summed E-state index contributed by atoms with van der Waals surface area (Å²) < 4.78 is 3.12. The summed E-state index contributed by atoms with van der Waals surface area (Å²) in [6.45, 7) is 2.44. The maximum atomic E-state index is 9.95. The van der Waals surface area contributed by atoms with Crippen LogP contribution in [0.4, 0.5) is 0 Å². The second-order valence-electron chi connectivity index (χ2n) is 4.85. The van der Waals surface area contributed by atoms with Gasteiger partial charge in [0, 0.05) is 11.0 Å². The van der Waals surface area contributed by atoms with Gasteiger partial charge < -0.3 is 9.67 Å². The van der Waals surface area contributed by atoms with Gasteiger partial charge in [-0.15, -0.1) is 0 Å². The van der Waals surface area contributed by atoms with Gasteiger partial charge in [0.25, 0.3) is 0 Å². The molecule has 102 valence electrons. The van der Waals surface area contributed by atoms with E-state index in [-0.39, 0.29) is 0 Å². The topological polar surface area (TPSA) is 38.1 Å². The van der Waals surface area contributed by atoms with Crippen LogP contribution in [-0.4, -0.2) is 14.7 Å². The highest BCUT2D eigenvalue weighted by Gasteiger charge is 2.14. The minimum atomic E-state index is -0.588. The quantitative estimate of drug-likeness (QED) is 0.790. The number of halogens is 1. The Balaban J connectivity index is 2.11. The molecule has 2 aromatic carbocycles. The van der Waals surface area contributed by atoms with Crippen LogP contribution in [0.5, 0.6) is 0 Å². The average Bonchev–Trinajstić information content (AvgIpc) is 2.78. The Morgan fingerprint density at radius 2 is 2.00 bits per heavy atom. The monoisotopic (exact) mass is 330 g/mol. The third kappa shape index (κ3) is 2.49. The van der Waals surface area contributed by atoms with Gasteiger partial charge >= 0.3 is 0 Å². The summed E-state index contributed by atoms with van der Waals surface area (Å²) in [5.41, 5.74) is 3.13. The first-order chi connectivity index (χ1) is 9.65. The molecule has 1 atom stereocenters. The fraction of sp³-hybridized carbons (Fsp3) is 0.188. The molecule has 3 nitrogen and oxygen atoms in total. The van der Waals surface area contributed by atoms with Crippen molar-refractivity contribution in [2.24, 2.45) is 0 Å². The SMILES string of the molecule is C[C@@H](O)c1nc2ccccc2n1Cc1cccc(Br)c1. The van der Waals surface area contributed by atoms with Gasteiger partial charge in [0.15, 0.2) is 0 Å². The number of nitrogens with zero attached hydrogens (tertiary/aromatic N) is 2. The van der Waals surface area contributed by atoms with Gasteiger partial charge in [0.2, 0.25) is 0 Å². The second kappa shape index (κ2) is 5.38. The molecule has 0 unspecified atom stereocenters. The number of fused-ring (bicyclic) bond motifs is 1. The zero-order chi connectivity index (χ0) is 14.1. The van der Waals surface area contributed by atoms with Crippen LogP contribution in [0.1, 0.15) is 24.4 Å². The smallest absolute Gasteiger partial charge is 0.138 e. The molecule has 0 bridgehead atoms. The van der Waals surface area contributed by atoms with Crippen molar-refractivity contribution in [1.29, 1.82) is 0 Å². The first-order valence-electron chi connectivity index (χ1n) is 6.53. The molecule has 0 saturated heterocycles. The summed E-state index contributed by atoms with van der Waals surface area (Å²) >= 11 is 3.49. The summed E-state index contributed by atoms with van der Waals surface area (Å²) in [5, 5.41) is 9.95. The van der Waals surface area contributed by atoms with Crippen LogP contribution < -0.4 is 0 Å². The molecule has 0 amide bonds. The van der Waals surface area contributed by atoms with Crippen LogP contribution >= 0.6 is 15.9 Å². The van der Waals surface area contributed by atoms with E-state index in [0.29, 0.717) is 12.4 Å². The summed E-state index contributed by atoms with van der Waals surface area (Å²) in [7, 11) is 0. The maximum Gasteiger partial charge on any atom is 0.138 e. The van der Waals surface area contributed by atoms with E-state index in [9.17, 15) is 5.11 Å². The first kappa shape index (κ1) is 13.3. The van der Waals surface area contributed by atoms with Gasteiger partial charge in [-0.3, -0.25) is 0 Å². The van der Waals surface area contributed by atoms with Crippen molar-refractivity contribution in [2.75, 3.05) is 0 Å². The molecule has 0 radical (unpaired) electrons. The van der Waals surface area contributed by atoms with Crippen molar-refractivity contribution in [3.63, 3.8) is 0 Å². The summed E-state index contributed by atoms with van der Waals surface area (Å²) in [6, 6.07) is 16.1. The number of hydrogen-bond donors (Lipinski definition) is 1. The zero-order valence-corrected chi connectivity index (χ0v) is 12.7. The first-order valence-corrected chi connectivity index (χ1v) is 7.32. The van der Waals surface area contributed by atoms with Gasteiger partial charge in [0.1, 0.15) is 11.9 Å². The number of aliphatic hydroxyl groups excluding tert-OH is 1. The number of aromatic nitrogens is 2. The van der Waals surface area contributed by atoms with Crippen molar-refractivity contribution in [3.8, 4) is 0 Å². The molecule has 0 aliphatic heterocycles. The fourth-order valence-electron chi connectivity index (χ4n) is 2.40. The van der Waals surface area contributed by atoms with E-state index in [0.717, 1.165) is 15.5 Å². The molecule has 1 N–H and O–H groups in total. The predicted molar refractivity (Wildman–Crippen MR) is 83.6 cm³/mol. The molecule has 1 aromatic heterocycles. The summed E-state index contributed by atoms with van der Waals surface area (Å²) in [4.78, 5) is 4.53. The van der Waals surface area contributed by atoms with E-state index in [1.165, 1.54) is 5.56 Å². The molecule has 20 heavy (non-hydrogen) atoms. The van der Waals surface area contributed by atoms with E-state index in [1.807, 2.05) is 36.4 Å². The molecular formula is C16H15BrN2O. The Kier molecular flexibility index (Phi) is 3.59. The molecule has 4 heteroatoms. The van der Waals surface area contributed by atoms with Crippen LogP contribution in [0.15, 0.2) is 53.0 Å². The number of aliphatic hydroxyl groups is 1. The Morgan fingerprint density at radius 3 is 2.75 bits per heavy atom. The van der Waals surface area contributed by atoms with Crippen molar-refractivity contribution in [1.82, 2.24) is 9.55 Å². The number of benzene rings is 2. The number of hydrogen-bond acceptors (Lipinski definition) is 2. The van der Waals surface area contributed by atoms with E-state index in [4.69, 9.17) is 0 Å². The average molecular weight is 331 g/mol. The van der Waals surface area contributed by atoms with E-state index >= 15 is 0 Å². The van der Waals surface area contributed by atoms with E-state index in [1.54, 1.807) is 6.92 Å². The molecule has 0 spiro atoms. The highest BCUT2D eigenvalue weighted by molar-refractivity contribution is 9.10. The normalized spacial score (nSPS) is 12.8. The van der Waals surface area contributed by atoms with Gasteiger partial charge in [0.05, 0.1) is 11.0 Å². The van der Waals surface area contributed by atoms with Crippen LogP contribution in [-0.2, 0) is 6.54 Å². The lowest BCUT2D eigenvalue weighted by atomic mass is 10.2. The maximum absolute atomic E-state index is 9.95. The molecule has 0 aliphatic carbocycles. The van der Waals surface area contributed by atoms with Crippen LogP contribution in [0.25, 0.3) is 11.0 Å². The number of rotatable bonds is 3. The highest BCUT2D eigenvalue weighted by atomic mass is 79.9. The lowest BCUT2D eigenvalue weighted by Crippen LogP contribution is -2.07. The molecule has 0 aliphatic rings. The highest BCUT2D eigenvalue weighted by Crippen LogP contribution is 2.22. The zero-order valence-electron chi connectivity index (χ0n) is 11.1. The Hall–Kier alpha value is -1.65. The van der Waals surface area contributed by atoms with Crippen LogP contribution in [0, 0.1) is 0 Å². The molecule has 3 aromatic rings. The Bertz CT molecular complexity index is 749. The van der Waals surface area contributed by atoms with Gasteiger partial charge in [-0.05, 0) is 36.8 Å². The standard InChI is InChI=1S/C16H15BrN2O/c1-11(20)16-18-14-7-2-3-8-15(14)19(16)10-12-5-4-6-13(17)9-12/h2-9,11,20H,10H2,1H3/t11-/m1/s1. The number of para-hydroxylation sites is 2. The van der Waals surface area contributed by atoms with Crippen LogP contribution in [0.3, 0.4) is 0 Å². The molecule has 3 rings (SSSR count). The summed E-state index contributed by atoms with van der Waals surface area (Å²) in [5.74, 6) is 0.700. The van der Waals surface area contributed by atoms with Crippen molar-refractivity contribution in [3.05, 3.63) is 64.4 Å². The van der Waals surface area contributed by atoms with Crippen molar-refractivity contribution >= 4 is 27.0 Å².